The quantitative estimate of drug-likeness (QED) is 0.0112. The van der Waals surface area contributed by atoms with Crippen LogP contribution in [0.15, 0.2) is 114 Å². The summed E-state index contributed by atoms with van der Waals surface area (Å²) in [5.41, 5.74) is 49.8. The van der Waals surface area contributed by atoms with Gasteiger partial charge in [0.05, 0.1) is 101 Å². The van der Waals surface area contributed by atoms with E-state index in [1.165, 1.54) is 38.0 Å². The van der Waals surface area contributed by atoms with E-state index in [1.54, 1.807) is 89.3 Å². The number of aliphatic hydroxyl groups excluding tert-OH is 6. The van der Waals surface area contributed by atoms with Crippen molar-refractivity contribution in [2.45, 2.75) is 124 Å². The summed E-state index contributed by atoms with van der Waals surface area (Å²) in [6, 6.07) is 8.32. The molecule has 45 nitrogen and oxygen atoms in total. The smallest absolute Gasteiger partial charge is 0.237 e. The molecule has 3 saturated heterocycles. The first kappa shape index (κ1) is 80.8. The fourth-order valence-corrected chi connectivity index (χ4v) is 12.4. The monoisotopic (exact) mass is 1520 g/mol. The Morgan fingerprint density at radius 1 is 0.509 bits per heavy atom. The Kier molecular flexibility index (Phi) is 27.4. The van der Waals surface area contributed by atoms with Gasteiger partial charge in [-0.15, -0.1) is 0 Å². The van der Waals surface area contributed by atoms with Crippen LogP contribution in [0.1, 0.15) is 46.8 Å². The molecule has 3 aliphatic heterocycles. The third-order valence-corrected chi connectivity index (χ3v) is 17.9. The van der Waals surface area contributed by atoms with Gasteiger partial charge in [0.15, 0.2) is 69.6 Å². The van der Waals surface area contributed by atoms with Crippen molar-refractivity contribution in [3.8, 4) is 5.75 Å². The average Bonchev–Trinajstić information content (AvgIpc) is 1.63. The minimum absolute atomic E-state index is 0.0842. The lowest BCUT2D eigenvalue weighted by Crippen LogP contribution is -2.53. The number of carbonyl (C=O) groups is 3. The topological polar surface area (TPSA) is 636 Å². The van der Waals surface area contributed by atoms with Crippen LogP contribution in [0.5, 0.6) is 5.75 Å². The lowest BCUT2D eigenvalue weighted by molar-refractivity contribution is -0.124. The van der Waals surface area contributed by atoms with Crippen molar-refractivity contribution in [2.24, 2.45) is 32.5 Å². The molecule has 12 rings (SSSR count). The van der Waals surface area contributed by atoms with Crippen LogP contribution in [-0.2, 0) is 60.9 Å². The van der Waals surface area contributed by atoms with Crippen LogP contribution in [0.3, 0.4) is 0 Å². The first-order valence-corrected chi connectivity index (χ1v) is 34.2. The van der Waals surface area contributed by atoms with Crippen molar-refractivity contribution in [3.05, 3.63) is 158 Å². The van der Waals surface area contributed by atoms with Gasteiger partial charge in [0.25, 0.3) is 0 Å². The Balaban J connectivity index is 0.000000176. The molecular formula is C65H84N32O13. The van der Waals surface area contributed by atoms with Crippen molar-refractivity contribution in [2.75, 3.05) is 90.0 Å². The number of nitrogens with two attached hydrogens (primary N) is 3. The molecule has 0 radical (unpaired) electrons. The van der Waals surface area contributed by atoms with E-state index < -0.39 is 129 Å². The maximum absolute atomic E-state index is 12.9. The summed E-state index contributed by atoms with van der Waals surface area (Å²) >= 11 is 0. The number of anilines is 3. The largest absolute Gasteiger partial charge is 0.493 e. The fraction of sp³-hybridized carbons (Fsp3) is 0.477. The zero-order valence-electron chi connectivity index (χ0n) is 60.4. The fourth-order valence-electron chi connectivity index (χ4n) is 12.4. The summed E-state index contributed by atoms with van der Waals surface area (Å²) in [6.45, 7) is -0.623. The van der Waals surface area contributed by atoms with Gasteiger partial charge in [-0.3, -0.25) is 38.1 Å². The number of amides is 3. The number of fused-ring (bicyclic) bond motifs is 3. The number of carbonyl (C=O) groups excluding carboxylic acids is 3. The van der Waals surface area contributed by atoms with E-state index in [9.17, 15) is 45.0 Å². The lowest BCUT2D eigenvalue weighted by Gasteiger charge is -2.23. The molecule has 1 aromatic carbocycles. The molecule has 3 fully saturated rings. The van der Waals surface area contributed by atoms with Crippen LogP contribution in [-0.4, -0.2) is 265 Å². The van der Waals surface area contributed by atoms with Crippen molar-refractivity contribution in [1.29, 1.82) is 0 Å². The molecule has 45 heteroatoms. The van der Waals surface area contributed by atoms with E-state index >= 15 is 0 Å². The summed E-state index contributed by atoms with van der Waals surface area (Å²) in [6.07, 6.45) is 3.17. The number of hydrogen-bond acceptors (Lipinski definition) is 33. The van der Waals surface area contributed by atoms with Crippen molar-refractivity contribution < 1.29 is 64.0 Å². The molecule has 110 heavy (non-hydrogen) atoms. The van der Waals surface area contributed by atoms with Crippen LogP contribution in [0.2, 0.25) is 0 Å². The van der Waals surface area contributed by atoms with Gasteiger partial charge < -0.3 is 97.4 Å². The molecule has 0 spiro atoms. The van der Waals surface area contributed by atoms with Gasteiger partial charge in [-0.05, 0) is 82.9 Å². The number of pyridine rings is 2. The van der Waals surface area contributed by atoms with Crippen LogP contribution in [0, 0.1) is 0 Å². The molecule has 8 aromatic heterocycles. The highest BCUT2D eigenvalue weighted by atomic mass is 16.6. The first-order valence-electron chi connectivity index (χ1n) is 34.2. The normalized spacial score (nSPS) is 22.0. The SMILES string of the molecule is CN(C)c1ncnc2c1ncn2[C@@H]1O[C@H](CO)C(NC(=O)[C@@H](N)Cc2ccc(CN=[N+]=[N-])nc2)[C@@H]1O.CN(C)c1ncnc2c1ncn2[C@@H]1O[C@H](CO)C(NC(=O)[C@@H](N)Cc2ccc(OCCN=[N+]=[N-])cc2)[C@@H]1O.CN(C)c1ncnc2c1ncn2[C@@H]1O[C@H](CO)C(NC(=O)[C@@H](N)Cc2ccnc(CN=[N+]=[N-])c2)[C@@H]1O. The van der Waals surface area contributed by atoms with E-state index in [1.807, 2.05) is 42.3 Å². The standard InChI is InChI=1S/C23H30N10O5.2C21H27N11O4/c1-32(2)20-18-21(27-11-26-20)33(12-28-18)23-19(35)17(16(10-34)38-23)30-22(36)15(24)9-13-3-5-14(6-4-13)37-8-7-29-31-25;1-31(2)18-16-19(26-9-25-18)32(10-27-16)21-17(34)15(14(8-33)36-21)29-20(35)13(22)6-11-3-4-24-12(5-11)7-28-30-23;1-31(2)18-16-19(26-9-25-18)32(10-27-16)21-17(34)15(14(8-33)36-21)29-20(35)13(22)5-11-3-4-12(24-6-11)7-28-30-23/h3-6,11-12,15-17,19,23,34-35H,7-10,24H2,1-2H3,(H,30,36);3-5,9-10,13-15,17,21,33-34H,6-8,22H2,1-2H3,(H,29,35);3-4,6,9-10,13-15,17,21,33-34H,5,7-8,22H2,1-2H3,(H,29,35)/t15-,16+,17?,19-,23+;2*13-,14+,15?,17-,21+/m000/s1. The number of hydrogen-bond donors (Lipinski definition) is 12. The highest BCUT2D eigenvalue weighted by molar-refractivity contribution is 5.86. The molecule has 11 heterocycles. The van der Waals surface area contributed by atoms with E-state index in [4.69, 9.17) is 52.7 Å². The molecule has 15 atom stereocenters. The number of ether oxygens (including phenoxy) is 4. The van der Waals surface area contributed by atoms with Gasteiger partial charge in [-0.2, -0.15) is 0 Å². The van der Waals surface area contributed by atoms with Crippen molar-refractivity contribution in [1.82, 2.24) is 84.5 Å². The molecule has 3 aliphatic rings. The molecule has 9 aromatic rings. The summed E-state index contributed by atoms with van der Waals surface area (Å²) in [5.74, 6) is 0.844. The van der Waals surface area contributed by atoms with Crippen molar-refractivity contribution >= 4 is 68.7 Å². The number of rotatable bonds is 29. The van der Waals surface area contributed by atoms with Gasteiger partial charge >= 0.3 is 0 Å². The summed E-state index contributed by atoms with van der Waals surface area (Å²) < 4.78 is 27.8. The van der Waals surface area contributed by atoms with Crippen LogP contribution >= 0.6 is 0 Å². The summed E-state index contributed by atoms with van der Waals surface area (Å²) in [5, 5.41) is 81.3. The first-order chi connectivity index (χ1) is 53.0. The van der Waals surface area contributed by atoms with E-state index in [0.29, 0.717) is 73.6 Å². The Morgan fingerprint density at radius 3 is 1.26 bits per heavy atom. The highest BCUT2D eigenvalue weighted by Gasteiger charge is 2.49. The number of imidazole rings is 3. The molecule has 0 saturated carbocycles. The second-order valence-electron chi connectivity index (χ2n) is 26.0. The van der Waals surface area contributed by atoms with E-state index in [0.717, 1.165) is 11.1 Å². The minimum Gasteiger partial charge on any atom is -0.493 e. The second kappa shape index (κ2) is 37.4. The van der Waals surface area contributed by atoms with Crippen LogP contribution in [0.4, 0.5) is 17.5 Å². The number of benzene rings is 1. The predicted molar refractivity (Wildman–Crippen MR) is 391 cm³/mol. The Bertz CT molecular complexity index is 4760. The van der Waals surface area contributed by atoms with Gasteiger partial charge in [0, 0.05) is 80.8 Å². The minimum atomic E-state index is -1.22. The van der Waals surface area contributed by atoms with Gasteiger partial charge in [-0.1, -0.05) is 33.5 Å². The molecular weight excluding hydrogens is 1440 g/mol. The van der Waals surface area contributed by atoms with Gasteiger partial charge in [0.1, 0.15) is 61.4 Å². The number of aromatic nitrogens is 14. The number of aliphatic hydroxyl groups is 6. The molecule has 15 N–H and O–H groups in total. The van der Waals surface area contributed by atoms with E-state index in [-0.39, 0.29) is 45.5 Å². The van der Waals surface area contributed by atoms with E-state index in [2.05, 4.69) is 101 Å². The van der Waals surface area contributed by atoms with Crippen molar-refractivity contribution in [3.63, 3.8) is 0 Å². The molecule has 3 amide bonds. The summed E-state index contributed by atoms with van der Waals surface area (Å²) in [4.78, 5) is 98.9. The maximum Gasteiger partial charge on any atom is 0.237 e. The number of nitrogens with one attached hydrogen (secondary N) is 3. The second-order valence-corrected chi connectivity index (χ2v) is 26.0. The lowest BCUT2D eigenvalue weighted by atomic mass is 10.0. The average molecular weight is 1520 g/mol. The Morgan fingerprint density at radius 2 is 0.891 bits per heavy atom. The Hall–Kier alpha value is -11.8. The summed E-state index contributed by atoms with van der Waals surface area (Å²) in [7, 11) is 11.0. The third kappa shape index (κ3) is 18.8. The molecule has 0 aliphatic carbocycles. The maximum atomic E-state index is 12.9. The zero-order chi connectivity index (χ0) is 78.9. The predicted octanol–water partition coefficient (Wildman–Crippen LogP) is -1.31. The third-order valence-electron chi connectivity index (χ3n) is 17.9. The zero-order valence-corrected chi connectivity index (χ0v) is 60.4. The van der Waals surface area contributed by atoms with Crippen LogP contribution < -0.4 is 52.6 Å². The van der Waals surface area contributed by atoms with Gasteiger partial charge in [-0.25, -0.2) is 44.9 Å². The highest BCUT2D eigenvalue weighted by Crippen LogP contribution is 2.36. The number of azide groups is 3. The molecule has 0 bridgehead atoms. The number of nitrogens with zero attached hydrogens (tertiary/aromatic N) is 26. The van der Waals surface area contributed by atoms with Crippen LogP contribution in [0.25, 0.3) is 64.8 Å². The molecule has 3 unspecified atom stereocenters. The molecule has 582 valence electrons. The van der Waals surface area contributed by atoms with Gasteiger partial charge in [0.2, 0.25) is 17.7 Å². The Labute approximate surface area is 625 Å².